The standard InChI is InChI=1S/C24H23N7OS/c1-32-20-11-6-5-10-18(20)31-19(17-8-3-2-4-9-17)14-26-24(31)33-13-7-12-30-16-29-21-22(25)27-15-28-23(21)30/h2-6,8-11,14-16H,7,12-13H2,1H3,(H2,25,27,28). The summed E-state index contributed by atoms with van der Waals surface area (Å²) in [6.45, 7) is 0.779. The van der Waals surface area contributed by atoms with Gasteiger partial charge in [0, 0.05) is 17.9 Å². The minimum absolute atomic E-state index is 0.403. The first-order valence-electron chi connectivity index (χ1n) is 10.6. The van der Waals surface area contributed by atoms with Gasteiger partial charge >= 0.3 is 0 Å². The molecule has 9 heteroatoms. The van der Waals surface area contributed by atoms with Crippen molar-refractivity contribution in [1.29, 1.82) is 0 Å². The van der Waals surface area contributed by atoms with Gasteiger partial charge in [0.25, 0.3) is 0 Å². The number of methoxy groups -OCH3 is 1. The van der Waals surface area contributed by atoms with Crippen LogP contribution in [0.3, 0.4) is 0 Å². The lowest BCUT2D eigenvalue weighted by Crippen LogP contribution is -2.03. The number of hydrogen-bond donors (Lipinski definition) is 1. The molecule has 0 unspecified atom stereocenters. The number of anilines is 1. The molecule has 0 radical (unpaired) electrons. The van der Waals surface area contributed by atoms with Crippen LogP contribution in [0.2, 0.25) is 0 Å². The van der Waals surface area contributed by atoms with E-state index in [4.69, 9.17) is 15.5 Å². The van der Waals surface area contributed by atoms with Gasteiger partial charge in [-0.1, -0.05) is 54.2 Å². The fourth-order valence-corrected chi connectivity index (χ4v) is 4.67. The van der Waals surface area contributed by atoms with E-state index in [1.165, 1.54) is 6.33 Å². The third-order valence-corrected chi connectivity index (χ3v) is 6.37. The number of aromatic nitrogens is 6. The van der Waals surface area contributed by atoms with Crippen molar-refractivity contribution in [2.75, 3.05) is 18.6 Å². The number of nitrogen functional groups attached to an aromatic ring is 1. The SMILES string of the molecule is COc1ccccc1-n1c(-c2ccccc2)cnc1SCCCn1cnc2c(N)ncnc21. The quantitative estimate of drug-likeness (QED) is 0.272. The van der Waals surface area contributed by atoms with Gasteiger partial charge in [0.15, 0.2) is 16.6 Å². The highest BCUT2D eigenvalue weighted by molar-refractivity contribution is 7.99. The molecular weight excluding hydrogens is 434 g/mol. The number of para-hydroxylation sites is 2. The molecule has 0 atom stereocenters. The molecule has 0 spiro atoms. The van der Waals surface area contributed by atoms with Crippen LogP contribution in [-0.2, 0) is 6.54 Å². The molecule has 0 bridgehead atoms. The minimum atomic E-state index is 0.403. The number of rotatable bonds is 8. The second-order valence-electron chi connectivity index (χ2n) is 7.37. The molecule has 8 nitrogen and oxygen atoms in total. The Morgan fingerprint density at radius 2 is 1.79 bits per heavy atom. The Balaban J connectivity index is 1.39. The topological polar surface area (TPSA) is 96.7 Å². The Bertz CT molecular complexity index is 1380. The summed E-state index contributed by atoms with van der Waals surface area (Å²) in [5.41, 5.74) is 10.4. The fourth-order valence-electron chi connectivity index (χ4n) is 3.76. The Labute approximate surface area is 195 Å². The lowest BCUT2D eigenvalue weighted by atomic mass is 10.1. The van der Waals surface area contributed by atoms with Crippen LogP contribution in [0.4, 0.5) is 5.82 Å². The second-order valence-corrected chi connectivity index (χ2v) is 8.43. The van der Waals surface area contributed by atoms with E-state index in [0.717, 1.165) is 52.2 Å². The summed E-state index contributed by atoms with van der Waals surface area (Å²) in [6.07, 6.45) is 6.08. The van der Waals surface area contributed by atoms with Gasteiger partial charge < -0.3 is 15.0 Å². The molecular formula is C24H23N7OS. The number of benzene rings is 2. The van der Waals surface area contributed by atoms with E-state index in [0.29, 0.717) is 11.3 Å². The van der Waals surface area contributed by atoms with Crippen LogP contribution in [0.15, 0.2) is 78.6 Å². The predicted octanol–water partition coefficient (Wildman–Crippen LogP) is 4.45. The van der Waals surface area contributed by atoms with Crippen LogP contribution in [0, 0.1) is 0 Å². The van der Waals surface area contributed by atoms with Gasteiger partial charge in [-0.3, -0.25) is 4.57 Å². The van der Waals surface area contributed by atoms with E-state index in [9.17, 15) is 0 Å². The summed E-state index contributed by atoms with van der Waals surface area (Å²) < 4.78 is 9.83. The van der Waals surface area contributed by atoms with E-state index in [1.807, 2.05) is 47.2 Å². The maximum atomic E-state index is 5.89. The highest BCUT2D eigenvalue weighted by atomic mass is 32.2. The number of nitrogens with zero attached hydrogens (tertiary/aromatic N) is 6. The zero-order valence-electron chi connectivity index (χ0n) is 18.1. The van der Waals surface area contributed by atoms with Crippen molar-refractivity contribution in [3.8, 4) is 22.7 Å². The van der Waals surface area contributed by atoms with Gasteiger partial charge in [-0.25, -0.2) is 19.9 Å². The second kappa shape index (κ2) is 9.33. The van der Waals surface area contributed by atoms with Crippen molar-refractivity contribution < 1.29 is 4.74 Å². The van der Waals surface area contributed by atoms with E-state index >= 15 is 0 Å². The first-order valence-corrected chi connectivity index (χ1v) is 11.6. The van der Waals surface area contributed by atoms with Crippen molar-refractivity contribution in [2.45, 2.75) is 18.1 Å². The highest BCUT2D eigenvalue weighted by Crippen LogP contribution is 2.34. The number of fused-ring (bicyclic) bond motifs is 1. The molecule has 0 amide bonds. The van der Waals surface area contributed by atoms with Crippen molar-refractivity contribution in [2.24, 2.45) is 0 Å². The Hall–Kier alpha value is -3.85. The summed E-state index contributed by atoms with van der Waals surface area (Å²) in [7, 11) is 1.69. The lowest BCUT2D eigenvalue weighted by Gasteiger charge is -2.15. The molecule has 2 N–H and O–H groups in total. The van der Waals surface area contributed by atoms with Crippen LogP contribution < -0.4 is 10.5 Å². The number of aryl methyl sites for hydroxylation is 1. The van der Waals surface area contributed by atoms with Crippen molar-refractivity contribution in [3.63, 3.8) is 0 Å². The third kappa shape index (κ3) is 4.14. The molecule has 3 aromatic heterocycles. The third-order valence-electron chi connectivity index (χ3n) is 5.33. The number of ether oxygens (including phenoxy) is 1. The molecule has 0 fully saturated rings. The Morgan fingerprint density at radius 1 is 0.970 bits per heavy atom. The fraction of sp³-hybridized carbons (Fsp3) is 0.167. The first-order chi connectivity index (χ1) is 16.3. The predicted molar refractivity (Wildman–Crippen MR) is 131 cm³/mol. The van der Waals surface area contributed by atoms with Gasteiger partial charge in [-0.2, -0.15) is 0 Å². The van der Waals surface area contributed by atoms with Crippen molar-refractivity contribution in [1.82, 2.24) is 29.1 Å². The molecule has 0 aliphatic carbocycles. The monoisotopic (exact) mass is 457 g/mol. The largest absolute Gasteiger partial charge is 0.495 e. The first kappa shape index (κ1) is 21.0. The van der Waals surface area contributed by atoms with Crippen LogP contribution in [0.25, 0.3) is 28.1 Å². The molecule has 2 aromatic carbocycles. The molecule has 0 saturated heterocycles. The Morgan fingerprint density at radius 3 is 2.64 bits per heavy atom. The van der Waals surface area contributed by atoms with E-state index < -0.39 is 0 Å². The van der Waals surface area contributed by atoms with E-state index in [-0.39, 0.29) is 0 Å². The van der Waals surface area contributed by atoms with Gasteiger partial charge in [0.2, 0.25) is 0 Å². The van der Waals surface area contributed by atoms with Crippen LogP contribution in [0.5, 0.6) is 5.75 Å². The summed E-state index contributed by atoms with van der Waals surface area (Å²) >= 11 is 1.71. The maximum absolute atomic E-state index is 5.89. The Kier molecular flexibility index (Phi) is 5.95. The van der Waals surface area contributed by atoms with Gasteiger partial charge in [0.1, 0.15) is 17.6 Å². The summed E-state index contributed by atoms with van der Waals surface area (Å²) in [4.78, 5) is 17.4. The van der Waals surface area contributed by atoms with Gasteiger partial charge in [-0.15, -0.1) is 0 Å². The number of hydrogen-bond acceptors (Lipinski definition) is 7. The normalized spacial score (nSPS) is 11.2. The lowest BCUT2D eigenvalue weighted by molar-refractivity contribution is 0.412. The molecule has 0 saturated carbocycles. The zero-order chi connectivity index (χ0) is 22.6. The number of nitrogens with two attached hydrogens (primary N) is 1. The smallest absolute Gasteiger partial charge is 0.173 e. The molecule has 0 aliphatic heterocycles. The summed E-state index contributed by atoms with van der Waals surface area (Å²) in [5.74, 6) is 2.08. The maximum Gasteiger partial charge on any atom is 0.173 e. The van der Waals surface area contributed by atoms with Gasteiger partial charge in [0.05, 0.1) is 31.0 Å². The molecule has 33 heavy (non-hydrogen) atoms. The zero-order valence-corrected chi connectivity index (χ0v) is 18.9. The summed E-state index contributed by atoms with van der Waals surface area (Å²) in [6, 6.07) is 18.3. The van der Waals surface area contributed by atoms with Crippen LogP contribution in [-0.4, -0.2) is 41.9 Å². The average molecular weight is 458 g/mol. The van der Waals surface area contributed by atoms with Gasteiger partial charge in [-0.05, 0) is 18.6 Å². The minimum Gasteiger partial charge on any atom is -0.495 e. The molecule has 166 valence electrons. The highest BCUT2D eigenvalue weighted by Gasteiger charge is 2.17. The van der Waals surface area contributed by atoms with Crippen molar-refractivity contribution >= 4 is 28.7 Å². The number of thioether (sulfide) groups is 1. The summed E-state index contributed by atoms with van der Waals surface area (Å²) in [5, 5.41) is 0.917. The van der Waals surface area contributed by atoms with Crippen molar-refractivity contribution in [3.05, 3.63) is 73.4 Å². The molecule has 0 aliphatic rings. The molecule has 3 heterocycles. The molecule has 5 rings (SSSR count). The van der Waals surface area contributed by atoms with Crippen LogP contribution in [0.1, 0.15) is 6.42 Å². The van der Waals surface area contributed by atoms with Crippen LogP contribution >= 0.6 is 11.8 Å². The van der Waals surface area contributed by atoms with E-state index in [2.05, 4.69) is 37.7 Å². The average Bonchev–Trinajstić information content (AvgIpc) is 3.47. The number of imidazole rings is 2. The van der Waals surface area contributed by atoms with E-state index in [1.54, 1.807) is 25.2 Å². The molecule has 5 aromatic rings.